The predicted octanol–water partition coefficient (Wildman–Crippen LogP) is 22.8. The van der Waals surface area contributed by atoms with Crippen molar-refractivity contribution in [2.45, 2.75) is 66.1 Å². The van der Waals surface area contributed by atoms with Crippen molar-refractivity contribution in [3.63, 3.8) is 0 Å². The van der Waals surface area contributed by atoms with E-state index in [0.717, 1.165) is 133 Å². The molecule has 12 heteroatoms. The van der Waals surface area contributed by atoms with Gasteiger partial charge in [-0.15, -0.1) is 0 Å². The standard InChI is InChI=1S/C100H72O12/c101-99-85-19-9-21-87(111-61-71-47-77-51-78(48-71)104-54-64-25-33-68(34-26-64)58-108-90-44-40-74-12-2-6-16-82(74)94(90)93-81-15-5-1-11-73(81)39-43-89(93)107-57-67-31-23-63(24-32-67)53-103-77)97(85)100(102)98-86(99)20-10-22-88(98)112-62-72-49-79-52-80(50-72)106-56-66-29-37-70(38-30-66)60-110-92-46-42-76-14-4-8-18-84(76)96(92)95-83-17-7-3-13-75(83)41-45-91(95)109-59-69-35-27-65(28-36-69)55-105-79/h1-52H,53-62H2. The molecule has 112 heavy (non-hydrogen) atoms. The first-order valence-corrected chi connectivity index (χ1v) is 37.6. The third kappa shape index (κ3) is 14.1. The fraction of sp³-hybridized carbons (Fsp3) is 0.100. The van der Waals surface area contributed by atoms with Crippen LogP contribution in [0.5, 0.6) is 57.5 Å². The number of carbonyl (C=O) groups excluding carboxylic acids is 2. The summed E-state index contributed by atoms with van der Waals surface area (Å²) in [5.41, 5.74) is 13.8. The van der Waals surface area contributed by atoms with E-state index in [4.69, 9.17) is 47.4 Å². The van der Waals surface area contributed by atoms with E-state index in [1.807, 2.05) is 84.9 Å². The van der Waals surface area contributed by atoms with Gasteiger partial charge in [0, 0.05) is 45.5 Å². The minimum atomic E-state index is -0.405. The van der Waals surface area contributed by atoms with Gasteiger partial charge >= 0.3 is 0 Å². The van der Waals surface area contributed by atoms with Crippen LogP contribution in [-0.2, 0) is 66.1 Å². The van der Waals surface area contributed by atoms with Crippen molar-refractivity contribution in [3.05, 3.63) is 393 Å². The van der Waals surface area contributed by atoms with E-state index in [1.165, 1.54) is 0 Å². The Morgan fingerprint density at radius 2 is 0.473 bits per heavy atom. The minimum absolute atomic E-state index is 0.00194. The van der Waals surface area contributed by atoms with Gasteiger partial charge in [0.05, 0.1) is 11.1 Å². The molecule has 0 amide bonds. The molecule has 0 saturated carbocycles. The molecule has 0 fully saturated rings. The fourth-order valence-electron chi connectivity index (χ4n) is 15.3. The molecule has 0 N–H and O–H groups in total. The van der Waals surface area contributed by atoms with Crippen LogP contribution < -0.4 is 47.4 Å². The largest absolute Gasteiger partial charge is 0.489 e. The Balaban J connectivity index is 0.570. The second-order valence-electron chi connectivity index (χ2n) is 28.4. The number of hydrogen-bond donors (Lipinski definition) is 0. The van der Waals surface area contributed by atoms with Gasteiger partial charge in [-0.25, -0.2) is 0 Å². The number of fused-ring (bicyclic) bond motifs is 6. The molecule has 16 aromatic rings. The topological polar surface area (TPSA) is 126 Å². The van der Waals surface area contributed by atoms with Crippen molar-refractivity contribution in [2.24, 2.45) is 0 Å². The van der Waals surface area contributed by atoms with E-state index in [9.17, 15) is 4.79 Å². The summed E-state index contributed by atoms with van der Waals surface area (Å²) in [5.74, 6) is 4.95. The SMILES string of the molecule is O=C1c2cccc(OCc3cc4cc(c3)OCc3ccc(cc3)COc3ccc5ccccc5c3-c3c(ccc5ccccc35)OCc3ccc(cc3)CO4)c2C(=O)c2c(OCc3cc4cc(c3)OCc3ccc(cc3)COc3ccc5ccccc5c3-c3c(ccc5ccccc35)OCc3ccc(cc3)CO4)cccc21. The number of rotatable bonds is 6. The maximum Gasteiger partial charge on any atom is 0.201 e. The number of benzene rings is 16. The van der Waals surface area contributed by atoms with E-state index < -0.39 is 5.78 Å². The van der Waals surface area contributed by atoms with Gasteiger partial charge in [0.2, 0.25) is 5.78 Å². The summed E-state index contributed by atoms with van der Waals surface area (Å²) in [6, 6.07) is 105. The first-order valence-electron chi connectivity index (χ1n) is 37.6. The molecule has 8 aliphatic heterocycles. The molecular weight excluding hydrogens is 1390 g/mol. The molecule has 1 aliphatic carbocycles. The second kappa shape index (κ2) is 30.2. The smallest absolute Gasteiger partial charge is 0.201 e. The van der Waals surface area contributed by atoms with Crippen LogP contribution in [0, 0.1) is 0 Å². The lowest BCUT2D eigenvalue weighted by atomic mass is 9.83. The Kier molecular flexibility index (Phi) is 18.4. The zero-order valence-electron chi connectivity index (χ0n) is 61.0. The molecule has 0 saturated heterocycles. The van der Waals surface area contributed by atoms with Crippen molar-refractivity contribution < 1.29 is 57.0 Å². The Bertz CT molecular complexity index is 5620. The third-order valence-corrected chi connectivity index (χ3v) is 21.0. The third-order valence-electron chi connectivity index (χ3n) is 21.0. The molecule has 9 aliphatic rings. The lowest BCUT2D eigenvalue weighted by Crippen LogP contribution is -2.23. The average molecular weight is 1470 g/mol. The molecule has 0 aromatic heterocycles. The minimum Gasteiger partial charge on any atom is -0.489 e. The van der Waals surface area contributed by atoms with Crippen molar-refractivity contribution in [1.29, 1.82) is 0 Å². The molecule has 12 nitrogen and oxygen atoms in total. The lowest BCUT2D eigenvalue weighted by molar-refractivity contribution is 0.0971. The highest BCUT2D eigenvalue weighted by molar-refractivity contribution is 6.30. The maximum absolute atomic E-state index is 15.3. The number of hydrogen-bond acceptors (Lipinski definition) is 12. The van der Waals surface area contributed by atoms with Crippen LogP contribution in [0.15, 0.2) is 315 Å². The Labute approximate surface area is 647 Å². The van der Waals surface area contributed by atoms with Gasteiger partial charge in [0.15, 0.2) is 5.78 Å². The molecule has 0 spiro atoms. The van der Waals surface area contributed by atoms with Crippen molar-refractivity contribution >= 4 is 54.7 Å². The second-order valence-corrected chi connectivity index (χ2v) is 28.4. The van der Waals surface area contributed by atoms with Gasteiger partial charge in [-0.1, -0.05) is 243 Å². The number of ketones is 2. The van der Waals surface area contributed by atoms with Crippen LogP contribution >= 0.6 is 0 Å². The molecule has 0 atom stereocenters. The van der Waals surface area contributed by atoms with Crippen LogP contribution in [0.1, 0.15) is 87.5 Å². The van der Waals surface area contributed by atoms with Crippen molar-refractivity contribution in [3.8, 4) is 79.7 Å². The van der Waals surface area contributed by atoms with E-state index in [0.29, 0.717) is 60.6 Å². The first kappa shape index (κ1) is 68.4. The normalized spacial score (nSPS) is 13.4. The van der Waals surface area contributed by atoms with Crippen molar-refractivity contribution in [2.75, 3.05) is 0 Å². The molecular formula is C100H72O12. The molecule has 12 bridgehead atoms. The van der Waals surface area contributed by atoms with Gasteiger partial charge in [-0.2, -0.15) is 0 Å². The van der Waals surface area contributed by atoms with Crippen LogP contribution in [0.4, 0.5) is 0 Å². The lowest BCUT2D eigenvalue weighted by Gasteiger charge is -2.22. The van der Waals surface area contributed by atoms with Crippen molar-refractivity contribution in [1.82, 2.24) is 0 Å². The van der Waals surface area contributed by atoms with Gasteiger partial charge in [0.1, 0.15) is 124 Å². The average Bonchev–Trinajstić information content (AvgIpc) is 0.755. The van der Waals surface area contributed by atoms with Gasteiger partial charge in [-0.05, 0) is 159 Å². The summed E-state index contributed by atoms with van der Waals surface area (Å²) in [6.45, 7) is 2.34. The van der Waals surface area contributed by atoms with E-state index >= 15 is 4.79 Å². The highest BCUT2D eigenvalue weighted by Gasteiger charge is 2.35. The Morgan fingerprint density at radius 3 is 0.741 bits per heavy atom. The summed E-state index contributed by atoms with van der Waals surface area (Å²) >= 11 is 0. The molecule has 0 unspecified atom stereocenters. The zero-order chi connectivity index (χ0) is 74.9. The summed E-state index contributed by atoms with van der Waals surface area (Å²) in [6.07, 6.45) is 0. The first-order chi connectivity index (χ1) is 55.2. The quantitative estimate of drug-likeness (QED) is 0.157. The van der Waals surface area contributed by atoms with E-state index in [1.54, 1.807) is 36.4 Å². The summed E-state index contributed by atoms with van der Waals surface area (Å²) < 4.78 is 66.9. The number of carbonyl (C=O) groups is 2. The molecule has 0 radical (unpaired) electrons. The van der Waals surface area contributed by atoms with Gasteiger partial charge in [-0.3, -0.25) is 9.59 Å². The maximum atomic E-state index is 15.3. The summed E-state index contributed by atoms with van der Waals surface area (Å²) in [7, 11) is 0. The zero-order valence-corrected chi connectivity index (χ0v) is 61.0. The highest BCUT2D eigenvalue weighted by atomic mass is 16.5. The van der Waals surface area contributed by atoms with Crippen LogP contribution in [-0.4, -0.2) is 11.6 Å². The predicted molar refractivity (Wildman–Crippen MR) is 436 cm³/mol. The molecule has 544 valence electrons. The Hall–Kier alpha value is -14.1. The van der Waals surface area contributed by atoms with E-state index in [-0.39, 0.29) is 79.2 Å². The van der Waals surface area contributed by atoms with Crippen LogP contribution in [0.2, 0.25) is 0 Å². The molecule has 8 heterocycles. The fourth-order valence-corrected chi connectivity index (χ4v) is 15.3. The van der Waals surface area contributed by atoms with Crippen LogP contribution in [0.3, 0.4) is 0 Å². The molecule has 25 rings (SSSR count). The summed E-state index contributed by atoms with van der Waals surface area (Å²) in [5, 5.41) is 8.65. The van der Waals surface area contributed by atoms with Gasteiger partial charge in [0.25, 0.3) is 0 Å². The van der Waals surface area contributed by atoms with Crippen LogP contribution in [0.25, 0.3) is 65.3 Å². The van der Waals surface area contributed by atoms with Gasteiger partial charge < -0.3 is 47.4 Å². The highest BCUT2D eigenvalue weighted by Crippen LogP contribution is 2.49. The van der Waals surface area contributed by atoms with E-state index in [2.05, 4.69) is 194 Å². The Morgan fingerprint density at radius 1 is 0.223 bits per heavy atom. The summed E-state index contributed by atoms with van der Waals surface area (Å²) in [4.78, 5) is 29.9. The monoisotopic (exact) mass is 1460 g/mol. The number of ether oxygens (including phenoxy) is 10. The molecule has 16 aromatic carbocycles.